The number of hydrogen-bond donors (Lipinski definition) is 1. The van der Waals surface area contributed by atoms with Crippen LogP contribution in [0.3, 0.4) is 0 Å². The molecule has 1 fully saturated rings. The summed E-state index contributed by atoms with van der Waals surface area (Å²) in [7, 11) is 0. The van der Waals surface area contributed by atoms with Crippen LogP contribution >= 0.6 is 0 Å². The van der Waals surface area contributed by atoms with E-state index in [1.54, 1.807) is 6.20 Å². The second-order valence-corrected chi connectivity index (χ2v) is 10.3. The molecule has 1 aromatic heterocycles. The van der Waals surface area contributed by atoms with Crippen LogP contribution in [0.1, 0.15) is 23.1 Å². The minimum Gasteiger partial charge on any atom is -0.454 e. The zero-order chi connectivity index (χ0) is 27.9. The molecule has 1 N–H and O–H groups in total. The number of carbonyl (C=O) groups excluding carboxylic acids is 1. The Morgan fingerprint density at radius 1 is 0.829 bits per heavy atom. The minimum atomic E-state index is 0.223. The summed E-state index contributed by atoms with van der Waals surface area (Å²) in [6.45, 7) is 5.27. The number of fused-ring (bicyclic) bond motifs is 1. The first-order valence-electron chi connectivity index (χ1n) is 14.1. The molecule has 1 amide bonds. The van der Waals surface area contributed by atoms with Crippen molar-refractivity contribution in [3.63, 3.8) is 0 Å². The van der Waals surface area contributed by atoms with Crippen molar-refractivity contribution in [1.29, 1.82) is 0 Å². The van der Waals surface area contributed by atoms with E-state index in [1.165, 1.54) is 5.56 Å². The molecule has 0 unspecified atom stereocenters. The summed E-state index contributed by atoms with van der Waals surface area (Å²) in [6.07, 6.45) is 2.98. The number of benzene rings is 3. The number of amides is 1. The molecule has 8 nitrogen and oxygen atoms in total. The molecule has 210 valence electrons. The maximum atomic E-state index is 12.8. The third kappa shape index (κ3) is 7.15. The highest BCUT2D eigenvalue weighted by molar-refractivity contribution is 5.76. The SMILES string of the molecule is O=C(CCc1ccc(Oc2ccc(NCc3ccc4c(c3)OCO4)cn2)cc1)N1CCN(Cc2ccccc2)CC1. The van der Waals surface area contributed by atoms with Crippen LogP contribution < -0.4 is 19.5 Å². The number of rotatable bonds is 10. The third-order valence-electron chi connectivity index (χ3n) is 7.42. The largest absolute Gasteiger partial charge is 0.454 e. The molecule has 3 aromatic carbocycles. The number of ether oxygens (including phenoxy) is 3. The quantitative estimate of drug-likeness (QED) is 0.280. The molecule has 0 bridgehead atoms. The highest BCUT2D eigenvalue weighted by Gasteiger charge is 2.21. The smallest absolute Gasteiger partial charge is 0.231 e. The maximum Gasteiger partial charge on any atom is 0.231 e. The van der Waals surface area contributed by atoms with Crippen molar-refractivity contribution in [3.8, 4) is 23.1 Å². The molecule has 0 saturated carbocycles. The van der Waals surface area contributed by atoms with Crippen molar-refractivity contribution in [1.82, 2.24) is 14.8 Å². The van der Waals surface area contributed by atoms with E-state index in [-0.39, 0.29) is 12.7 Å². The molecule has 2 aliphatic rings. The van der Waals surface area contributed by atoms with Crippen molar-refractivity contribution in [2.45, 2.75) is 25.9 Å². The highest BCUT2D eigenvalue weighted by atomic mass is 16.7. The topological polar surface area (TPSA) is 76.2 Å². The Kier molecular flexibility index (Phi) is 8.28. The Morgan fingerprint density at radius 3 is 2.39 bits per heavy atom. The van der Waals surface area contributed by atoms with E-state index in [9.17, 15) is 4.79 Å². The molecule has 0 radical (unpaired) electrons. The first-order chi connectivity index (χ1) is 20.2. The summed E-state index contributed by atoms with van der Waals surface area (Å²) in [5.41, 5.74) is 4.42. The fourth-order valence-electron chi connectivity index (χ4n) is 5.05. The van der Waals surface area contributed by atoms with Gasteiger partial charge in [-0.15, -0.1) is 0 Å². The van der Waals surface area contributed by atoms with Gasteiger partial charge in [0.1, 0.15) is 5.75 Å². The Labute approximate surface area is 240 Å². The molecule has 1 saturated heterocycles. The molecule has 3 heterocycles. The normalized spacial score (nSPS) is 14.6. The molecule has 2 aliphatic heterocycles. The summed E-state index contributed by atoms with van der Waals surface area (Å²) in [6, 6.07) is 28.1. The summed E-state index contributed by atoms with van der Waals surface area (Å²) in [5.74, 6) is 3.01. The molecular formula is C33H34N4O4. The van der Waals surface area contributed by atoms with Gasteiger partial charge >= 0.3 is 0 Å². The second kappa shape index (κ2) is 12.7. The Hall–Kier alpha value is -4.56. The molecule has 41 heavy (non-hydrogen) atoms. The van der Waals surface area contributed by atoms with E-state index in [1.807, 2.05) is 65.6 Å². The molecule has 0 aliphatic carbocycles. The molecular weight excluding hydrogens is 516 g/mol. The Balaban J connectivity index is 0.919. The molecule has 0 spiro atoms. The zero-order valence-corrected chi connectivity index (χ0v) is 23.0. The molecule has 0 atom stereocenters. The molecule has 6 rings (SSSR count). The number of anilines is 1. The van der Waals surface area contributed by atoms with Gasteiger partial charge in [-0.2, -0.15) is 0 Å². The standard InChI is InChI=1S/C33H34N4O4/c38-33(37-18-16-36(17-19-37)23-26-4-2-1-3-5-26)15-9-25-6-11-29(12-7-25)41-32-14-10-28(22-35-32)34-21-27-8-13-30-31(20-27)40-24-39-30/h1-8,10-14,20,22,34H,9,15-19,21,23-24H2. The Morgan fingerprint density at radius 2 is 1.61 bits per heavy atom. The highest BCUT2D eigenvalue weighted by Crippen LogP contribution is 2.32. The summed E-state index contributed by atoms with van der Waals surface area (Å²) >= 11 is 0. The van der Waals surface area contributed by atoms with Crippen LogP contribution in [0.5, 0.6) is 23.1 Å². The van der Waals surface area contributed by atoms with E-state index in [0.29, 0.717) is 31.0 Å². The van der Waals surface area contributed by atoms with Crippen LogP contribution in [0.2, 0.25) is 0 Å². The second-order valence-electron chi connectivity index (χ2n) is 10.3. The molecule has 4 aromatic rings. The van der Waals surface area contributed by atoms with Crippen LogP contribution in [0.25, 0.3) is 0 Å². The number of aryl methyl sites for hydroxylation is 1. The van der Waals surface area contributed by atoms with E-state index in [0.717, 1.165) is 61.0 Å². The number of hydrogen-bond acceptors (Lipinski definition) is 7. The van der Waals surface area contributed by atoms with Crippen LogP contribution in [-0.2, 0) is 24.3 Å². The predicted molar refractivity (Wildman–Crippen MR) is 157 cm³/mol. The van der Waals surface area contributed by atoms with Crippen molar-refractivity contribution in [3.05, 3.63) is 108 Å². The van der Waals surface area contributed by atoms with Gasteiger partial charge in [-0.25, -0.2) is 4.98 Å². The lowest BCUT2D eigenvalue weighted by molar-refractivity contribution is -0.133. The zero-order valence-electron chi connectivity index (χ0n) is 23.0. The van der Waals surface area contributed by atoms with Gasteiger partial charge in [0.2, 0.25) is 18.6 Å². The van der Waals surface area contributed by atoms with Gasteiger partial charge in [0.05, 0.1) is 11.9 Å². The fourth-order valence-corrected chi connectivity index (χ4v) is 5.05. The van der Waals surface area contributed by atoms with Gasteiger partial charge in [-0.1, -0.05) is 48.5 Å². The summed E-state index contributed by atoms with van der Waals surface area (Å²) < 4.78 is 16.7. The first kappa shape index (κ1) is 26.7. The van der Waals surface area contributed by atoms with Crippen molar-refractivity contribution < 1.29 is 19.0 Å². The first-order valence-corrected chi connectivity index (χ1v) is 14.1. The van der Waals surface area contributed by atoms with Crippen molar-refractivity contribution in [2.24, 2.45) is 0 Å². The fraction of sp³-hybridized carbons (Fsp3) is 0.273. The predicted octanol–water partition coefficient (Wildman–Crippen LogP) is 5.49. The van der Waals surface area contributed by atoms with Crippen LogP contribution in [0.4, 0.5) is 5.69 Å². The van der Waals surface area contributed by atoms with Gasteiger partial charge in [0, 0.05) is 51.8 Å². The van der Waals surface area contributed by atoms with Gasteiger partial charge < -0.3 is 24.4 Å². The van der Waals surface area contributed by atoms with Crippen LogP contribution in [0.15, 0.2) is 91.1 Å². The van der Waals surface area contributed by atoms with Crippen LogP contribution in [0, 0.1) is 0 Å². The lowest BCUT2D eigenvalue weighted by Crippen LogP contribution is -2.48. The van der Waals surface area contributed by atoms with Gasteiger partial charge in [0.25, 0.3) is 0 Å². The number of carbonyl (C=O) groups is 1. The summed E-state index contributed by atoms with van der Waals surface area (Å²) in [4.78, 5) is 21.6. The van der Waals surface area contributed by atoms with E-state index >= 15 is 0 Å². The van der Waals surface area contributed by atoms with Gasteiger partial charge in [0.15, 0.2) is 11.5 Å². The van der Waals surface area contributed by atoms with E-state index < -0.39 is 0 Å². The van der Waals surface area contributed by atoms with Crippen molar-refractivity contribution >= 4 is 11.6 Å². The van der Waals surface area contributed by atoms with Gasteiger partial charge in [-0.3, -0.25) is 9.69 Å². The number of piperazine rings is 1. The minimum absolute atomic E-state index is 0.223. The monoisotopic (exact) mass is 550 g/mol. The lowest BCUT2D eigenvalue weighted by Gasteiger charge is -2.34. The van der Waals surface area contributed by atoms with E-state index in [2.05, 4.69) is 39.5 Å². The lowest BCUT2D eigenvalue weighted by atomic mass is 10.1. The number of nitrogens with one attached hydrogen (secondary N) is 1. The van der Waals surface area contributed by atoms with Crippen LogP contribution in [-0.4, -0.2) is 53.7 Å². The third-order valence-corrected chi connectivity index (χ3v) is 7.42. The van der Waals surface area contributed by atoms with Crippen molar-refractivity contribution in [2.75, 3.05) is 38.3 Å². The molecule has 8 heteroatoms. The Bertz CT molecular complexity index is 1440. The maximum absolute atomic E-state index is 12.8. The average Bonchev–Trinajstić information content (AvgIpc) is 3.49. The number of aromatic nitrogens is 1. The van der Waals surface area contributed by atoms with Gasteiger partial charge in [-0.05, 0) is 53.4 Å². The van der Waals surface area contributed by atoms with E-state index in [4.69, 9.17) is 14.2 Å². The summed E-state index contributed by atoms with van der Waals surface area (Å²) in [5, 5.41) is 3.36. The number of nitrogens with zero attached hydrogens (tertiary/aromatic N) is 3. The number of pyridine rings is 1. The average molecular weight is 551 g/mol.